The van der Waals surface area contributed by atoms with Crippen LogP contribution >= 0.6 is 0 Å². The molecule has 3 rings (SSSR count). The number of nitrogens with zero attached hydrogens (tertiary/aromatic N) is 1. The van der Waals surface area contributed by atoms with E-state index in [0.717, 1.165) is 5.75 Å². The van der Waals surface area contributed by atoms with Gasteiger partial charge in [-0.1, -0.05) is 62.4 Å². The Kier molecular flexibility index (Phi) is 6.99. The summed E-state index contributed by atoms with van der Waals surface area (Å²) < 4.78 is 5.29. The van der Waals surface area contributed by atoms with E-state index in [9.17, 15) is 9.90 Å². The van der Waals surface area contributed by atoms with Crippen LogP contribution in [0.15, 0.2) is 60.7 Å². The fraction of sp³-hybridized carbons (Fsp3) is 0.423. The molecule has 4 nitrogen and oxygen atoms in total. The number of aliphatic hydroxyl groups is 1. The van der Waals surface area contributed by atoms with Crippen LogP contribution in [-0.4, -0.2) is 35.7 Å². The second-order valence-electron chi connectivity index (χ2n) is 8.62. The lowest BCUT2D eigenvalue weighted by atomic mass is 9.71. The zero-order valence-corrected chi connectivity index (χ0v) is 18.5. The highest BCUT2D eigenvalue weighted by atomic mass is 16.5. The quantitative estimate of drug-likeness (QED) is 0.688. The minimum atomic E-state index is -0.225. The number of carbonyl (C=O) groups excluding carboxylic acids is 1. The van der Waals surface area contributed by atoms with Crippen molar-refractivity contribution in [2.24, 2.45) is 5.92 Å². The monoisotopic (exact) mass is 407 g/mol. The van der Waals surface area contributed by atoms with E-state index in [4.69, 9.17) is 4.74 Å². The number of ether oxygens (including phenoxy) is 1. The van der Waals surface area contributed by atoms with E-state index >= 15 is 0 Å². The maximum absolute atomic E-state index is 13.4. The summed E-state index contributed by atoms with van der Waals surface area (Å²) in [6.45, 7) is 6.90. The first-order chi connectivity index (χ1) is 14.4. The summed E-state index contributed by atoms with van der Waals surface area (Å²) in [5.74, 6) is 0.958. The van der Waals surface area contributed by atoms with Crippen molar-refractivity contribution in [3.05, 3.63) is 77.4 Å². The third-order valence-electron chi connectivity index (χ3n) is 6.47. The molecule has 1 aliphatic rings. The molecule has 160 valence electrons. The summed E-state index contributed by atoms with van der Waals surface area (Å²) in [4.78, 5) is 15.3. The highest BCUT2D eigenvalue weighted by molar-refractivity contribution is 5.77. The maximum atomic E-state index is 13.4. The number of hydrogen-bond acceptors (Lipinski definition) is 3. The van der Waals surface area contributed by atoms with E-state index in [1.807, 2.05) is 42.2 Å². The van der Waals surface area contributed by atoms with Gasteiger partial charge >= 0.3 is 0 Å². The Morgan fingerprint density at radius 2 is 1.87 bits per heavy atom. The lowest BCUT2D eigenvalue weighted by molar-refractivity contribution is -0.136. The summed E-state index contributed by atoms with van der Waals surface area (Å²) in [5, 5.41) is 9.94. The second-order valence-corrected chi connectivity index (χ2v) is 8.62. The molecule has 1 heterocycles. The molecule has 2 atom stereocenters. The topological polar surface area (TPSA) is 49.8 Å². The summed E-state index contributed by atoms with van der Waals surface area (Å²) in [6.07, 6.45) is 5.27. The normalized spacial score (nSPS) is 17.6. The van der Waals surface area contributed by atoms with E-state index in [1.54, 1.807) is 7.11 Å². The van der Waals surface area contributed by atoms with Crippen molar-refractivity contribution < 1.29 is 14.6 Å². The molecule has 0 aliphatic carbocycles. The van der Waals surface area contributed by atoms with Gasteiger partial charge in [-0.3, -0.25) is 4.79 Å². The lowest BCUT2D eigenvalue weighted by Gasteiger charge is -2.39. The third-order valence-corrected chi connectivity index (χ3v) is 6.47. The van der Waals surface area contributed by atoms with Gasteiger partial charge in [-0.05, 0) is 53.5 Å². The number of allylic oxidation sites excluding steroid dienone is 2. The summed E-state index contributed by atoms with van der Waals surface area (Å²) in [5.41, 5.74) is 3.34. The molecule has 30 heavy (non-hydrogen) atoms. The number of benzene rings is 2. The van der Waals surface area contributed by atoms with E-state index in [-0.39, 0.29) is 29.9 Å². The Morgan fingerprint density at radius 3 is 2.47 bits per heavy atom. The SMILES string of the molecule is C/C=C/[C@@H](CC(=O)N1Cc2ccccc2C[C@H]1CO)C(C)(C)c1ccc(OC)cc1. The van der Waals surface area contributed by atoms with E-state index in [0.29, 0.717) is 19.4 Å². The number of aliphatic hydroxyl groups excluding tert-OH is 1. The van der Waals surface area contributed by atoms with Gasteiger partial charge < -0.3 is 14.7 Å². The minimum absolute atomic E-state index is 0.0176. The van der Waals surface area contributed by atoms with Crippen LogP contribution in [0.3, 0.4) is 0 Å². The van der Waals surface area contributed by atoms with Gasteiger partial charge in [-0.15, -0.1) is 0 Å². The second kappa shape index (κ2) is 9.48. The number of fused-ring (bicyclic) bond motifs is 1. The Hall–Kier alpha value is -2.59. The largest absolute Gasteiger partial charge is 0.497 e. The van der Waals surface area contributed by atoms with Crippen LogP contribution in [0.1, 0.15) is 43.9 Å². The molecule has 0 bridgehead atoms. The predicted octanol–water partition coefficient (Wildman–Crippen LogP) is 4.50. The standard InChI is InChI=1S/C26H33NO3/c1-5-8-22(26(2,3)21-11-13-24(30-4)14-12-21)16-25(29)27-17-20-10-7-6-9-19(20)15-23(27)18-28/h5-14,22-23,28H,15-18H2,1-4H3/b8-5+/t22-,23-/m0/s1. The highest BCUT2D eigenvalue weighted by Crippen LogP contribution is 2.37. The molecule has 0 spiro atoms. The predicted molar refractivity (Wildman–Crippen MR) is 121 cm³/mol. The highest BCUT2D eigenvalue weighted by Gasteiger charge is 2.35. The molecule has 0 saturated carbocycles. The van der Waals surface area contributed by atoms with Crippen molar-refractivity contribution in [3.8, 4) is 5.75 Å². The number of methoxy groups -OCH3 is 1. The lowest BCUT2D eigenvalue weighted by Crippen LogP contribution is -2.47. The van der Waals surface area contributed by atoms with Crippen LogP contribution in [-0.2, 0) is 23.2 Å². The van der Waals surface area contributed by atoms with E-state index < -0.39 is 0 Å². The van der Waals surface area contributed by atoms with Crippen LogP contribution in [0.5, 0.6) is 5.75 Å². The fourth-order valence-electron chi connectivity index (χ4n) is 4.38. The molecule has 2 aromatic carbocycles. The molecule has 1 amide bonds. The summed E-state index contributed by atoms with van der Waals surface area (Å²) in [7, 11) is 1.66. The van der Waals surface area contributed by atoms with Gasteiger partial charge in [-0.2, -0.15) is 0 Å². The zero-order chi connectivity index (χ0) is 21.7. The molecular formula is C26H33NO3. The van der Waals surface area contributed by atoms with Gasteiger partial charge in [0.2, 0.25) is 5.91 Å². The summed E-state index contributed by atoms with van der Waals surface area (Å²) in [6, 6.07) is 16.1. The zero-order valence-electron chi connectivity index (χ0n) is 18.5. The first-order valence-corrected chi connectivity index (χ1v) is 10.6. The first-order valence-electron chi connectivity index (χ1n) is 10.6. The Bertz CT molecular complexity index is 885. The van der Waals surface area contributed by atoms with Gasteiger partial charge in [0, 0.05) is 13.0 Å². The van der Waals surface area contributed by atoms with Crippen molar-refractivity contribution >= 4 is 5.91 Å². The first kappa shape index (κ1) is 22.1. The van der Waals surface area contributed by atoms with Crippen molar-refractivity contribution in [2.45, 2.75) is 51.6 Å². The van der Waals surface area contributed by atoms with Crippen molar-refractivity contribution in [1.82, 2.24) is 4.90 Å². The number of rotatable bonds is 7. The smallest absolute Gasteiger partial charge is 0.223 e. The van der Waals surface area contributed by atoms with Gasteiger partial charge in [-0.25, -0.2) is 0 Å². The average Bonchev–Trinajstić information content (AvgIpc) is 2.77. The van der Waals surface area contributed by atoms with Crippen molar-refractivity contribution in [3.63, 3.8) is 0 Å². The molecule has 0 saturated heterocycles. The molecule has 0 radical (unpaired) electrons. The number of carbonyl (C=O) groups is 1. The van der Waals surface area contributed by atoms with Gasteiger partial charge in [0.15, 0.2) is 0 Å². The summed E-state index contributed by atoms with van der Waals surface area (Å²) >= 11 is 0. The van der Waals surface area contributed by atoms with Crippen LogP contribution in [0.4, 0.5) is 0 Å². The van der Waals surface area contributed by atoms with Crippen LogP contribution in [0.25, 0.3) is 0 Å². The average molecular weight is 408 g/mol. The van der Waals surface area contributed by atoms with Crippen LogP contribution in [0, 0.1) is 5.92 Å². The number of hydrogen-bond donors (Lipinski definition) is 1. The Balaban J connectivity index is 1.82. The van der Waals surface area contributed by atoms with Gasteiger partial charge in [0.25, 0.3) is 0 Å². The molecule has 1 aliphatic heterocycles. The van der Waals surface area contributed by atoms with Gasteiger partial charge in [0.1, 0.15) is 5.75 Å². The third kappa shape index (κ3) is 4.59. The maximum Gasteiger partial charge on any atom is 0.223 e. The molecule has 2 aromatic rings. The Morgan fingerprint density at radius 1 is 1.20 bits per heavy atom. The van der Waals surface area contributed by atoms with Crippen LogP contribution in [0.2, 0.25) is 0 Å². The van der Waals surface area contributed by atoms with E-state index in [1.165, 1.54) is 16.7 Å². The molecule has 0 fully saturated rings. The minimum Gasteiger partial charge on any atom is -0.497 e. The molecule has 1 N–H and O–H groups in total. The van der Waals surface area contributed by atoms with Crippen LogP contribution < -0.4 is 4.74 Å². The number of amides is 1. The molecular weight excluding hydrogens is 374 g/mol. The van der Waals surface area contributed by atoms with Crippen molar-refractivity contribution in [1.29, 1.82) is 0 Å². The Labute approximate surface area is 180 Å². The van der Waals surface area contributed by atoms with Gasteiger partial charge in [0.05, 0.1) is 19.8 Å². The molecule has 4 heteroatoms. The molecule has 0 unspecified atom stereocenters. The molecule has 0 aromatic heterocycles. The van der Waals surface area contributed by atoms with E-state index in [2.05, 4.69) is 44.2 Å². The fourth-order valence-corrected chi connectivity index (χ4v) is 4.38. The van der Waals surface area contributed by atoms with Crippen molar-refractivity contribution in [2.75, 3.05) is 13.7 Å².